The van der Waals surface area contributed by atoms with Gasteiger partial charge >= 0.3 is 0 Å². The van der Waals surface area contributed by atoms with Crippen molar-refractivity contribution in [2.75, 3.05) is 49.1 Å². The van der Waals surface area contributed by atoms with Crippen molar-refractivity contribution < 1.29 is 13.2 Å². The van der Waals surface area contributed by atoms with E-state index in [2.05, 4.69) is 29.3 Å². The molecular weight excluding hydrogens is 426 g/mol. The van der Waals surface area contributed by atoms with Crippen LogP contribution in [-0.2, 0) is 10.0 Å². The molecule has 1 amide bonds. The van der Waals surface area contributed by atoms with Crippen molar-refractivity contribution in [3.05, 3.63) is 46.7 Å². The Morgan fingerprint density at radius 2 is 1.90 bits per heavy atom. The Bertz CT molecular complexity index is 894. The van der Waals surface area contributed by atoms with Crippen LogP contribution in [0.25, 0.3) is 0 Å². The van der Waals surface area contributed by atoms with Crippen LogP contribution < -0.4 is 10.2 Å². The van der Waals surface area contributed by atoms with E-state index >= 15 is 0 Å². The molecule has 0 saturated carbocycles. The van der Waals surface area contributed by atoms with Crippen molar-refractivity contribution >= 4 is 44.7 Å². The molecule has 2 aromatic rings. The third-order valence-electron chi connectivity index (χ3n) is 4.82. The highest BCUT2D eigenvalue weighted by molar-refractivity contribution is 7.99. The average molecular weight is 454 g/mol. The smallest absolute Gasteiger partial charge is 0.262 e. The average Bonchev–Trinajstić information content (AvgIpc) is 3.26. The number of thioether (sulfide) groups is 1. The first-order valence-electron chi connectivity index (χ1n) is 9.77. The van der Waals surface area contributed by atoms with Crippen LogP contribution in [-0.4, -0.2) is 62.9 Å². The second-order valence-electron chi connectivity index (χ2n) is 6.66. The molecule has 0 atom stereocenters. The van der Waals surface area contributed by atoms with E-state index in [-0.39, 0.29) is 15.7 Å². The Labute approximate surface area is 181 Å². The Hall–Kier alpha value is -1.55. The first-order valence-corrected chi connectivity index (χ1v) is 13.2. The minimum Gasteiger partial charge on any atom is -0.372 e. The third kappa shape index (κ3) is 5.53. The number of amides is 1. The zero-order chi connectivity index (χ0) is 20.7. The highest BCUT2D eigenvalue weighted by atomic mass is 32.2. The summed E-state index contributed by atoms with van der Waals surface area (Å²) >= 11 is 2.93. The first kappa shape index (κ1) is 22.1. The van der Waals surface area contributed by atoms with Gasteiger partial charge in [0.2, 0.25) is 10.0 Å². The summed E-state index contributed by atoms with van der Waals surface area (Å²) in [6.45, 7) is 5.31. The normalized spacial score (nSPS) is 15.2. The topological polar surface area (TPSA) is 69.7 Å². The summed E-state index contributed by atoms with van der Waals surface area (Å²) in [5.41, 5.74) is 1.16. The van der Waals surface area contributed by atoms with Gasteiger partial charge in [0, 0.05) is 49.9 Å². The fraction of sp³-hybridized carbons (Fsp3) is 0.450. The summed E-state index contributed by atoms with van der Waals surface area (Å²) in [5.74, 6) is 1.27. The number of rotatable bonds is 9. The molecular formula is C20H27N3O3S3. The molecule has 158 valence electrons. The fourth-order valence-electron chi connectivity index (χ4n) is 3.25. The van der Waals surface area contributed by atoms with E-state index in [0.717, 1.165) is 36.7 Å². The van der Waals surface area contributed by atoms with E-state index in [4.69, 9.17) is 0 Å². The van der Waals surface area contributed by atoms with E-state index in [0.29, 0.717) is 19.6 Å². The van der Waals surface area contributed by atoms with Crippen molar-refractivity contribution in [2.45, 2.75) is 18.2 Å². The molecule has 0 radical (unpaired) electrons. The third-order valence-corrected chi connectivity index (χ3v) is 8.74. The van der Waals surface area contributed by atoms with E-state index in [9.17, 15) is 13.2 Å². The zero-order valence-corrected chi connectivity index (χ0v) is 19.0. The van der Waals surface area contributed by atoms with Gasteiger partial charge in [-0.05, 0) is 36.9 Å². The van der Waals surface area contributed by atoms with Gasteiger partial charge in [-0.15, -0.1) is 11.3 Å². The minimum atomic E-state index is -3.62. The quantitative estimate of drug-likeness (QED) is 0.591. The van der Waals surface area contributed by atoms with Gasteiger partial charge in [0.15, 0.2) is 0 Å². The highest BCUT2D eigenvalue weighted by Crippen LogP contribution is 2.27. The summed E-state index contributed by atoms with van der Waals surface area (Å²) in [4.78, 5) is 15.3. The van der Waals surface area contributed by atoms with Gasteiger partial charge in [0.1, 0.15) is 9.77 Å². The van der Waals surface area contributed by atoms with Crippen LogP contribution in [0.2, 0.25) is 0 Å². The van der Waals surface area contributed by atoms with Gasteiger partial charge in [0.05, 0.1) is 0 Å². The maximum atomic E-state index is 12.9. The number of carbonyl (C=O) groups excluding carboxylic acids is 1. The van der Waals surface area contributed by atoms with Crippen LogP contribution in [0.15, 0.2) is 46.7 Å². The molecule has 1 aliphatic heterocycles. The lowest BCUT2D eigenvalue weighted by Crippen LogP contribution is -2.38. The van der Waals surface area contributed by atoms with E-state index in [1.54, 1.807) is 23.2 Å². The number of hydrogen-bond acceptors (Lipinski definition) is 6. The zero-order valence-electron chi connectivity index (χ0n) is 16.5. The van der Waals surface area contributed by atoms with Gasteiger partial charge in [0.25, 0.3) is 5.91 Å². The fourth-order valence-corrected chi connectivity index (χ4v) is 7.15. The molecule has 3 rings (SSSR count). The number of nitrogens with one attached hydrogen (secondary N) is 1. The van der Waals surface area contributed by atoms with Crippen molar-refractivity contribution in [2.24, 2.45) is 0 Å². The summed E-state index contributed by atoms with van der Waals surface area (Å²) < 4.78 is 27.3. The highest BCUT2D eigenvalue weighted by Gasteiger charge is 2.31. The second kappa shape index (κ2) is 10.5. The molecule has 6 nitrogen and oxygen atoms in total. The lowest BCUT2D eigenvalue weighted by molar-refractivity contribution is 0.0954. The molecule has 1 N–H and O–H groups in total. The second-order valence-corrected chi connectivity index (χ2v) is 10.7. The molecule has 1 saturated heterocycles. The molecule has 9 heteroatoms. The molecule has 0 unspecified atom stereocenters. The summed E-state index contributed by atoms with van der Waals surface area (Å²) in [7, 11) is -3.62. The number of carbonyl (C=O) groups is 1. The predicted octanol–water partition coefficient (Wildman–Crippen LogP) is 3.13. The SMILES string of the molecule is CCN(CCCNC(=O)c1sccc1S(=O)(=O)N1CCSCC1)c1ccccc1. The van der Waals surface area contributed by atoms with Crippen LogP contribution in [0.1, 0.15) is 23.0 Å². The molecule has 1 aliphatic rings. The maximum absolute atomic E-state index is 12.9. The predicted molar refractivity (Wildman–Crippen MR) is 122 cm³/mol. The number of sulfonamides is 1. The molecule has 0 bridgehead atoms. The summed E-state index contributed by atoms with van der Waals surface area (Å²) in [6, 6.07) is 11.7. The van der Waals surface area contributed by atoms with E-state index < -0.39 is 10.0 Å². The minimum absolute atomic E-state index is 0.131. The van der Waals surface area contributed by atoms with Gasteiger partial charge in [-0.3, -0.25) is 4.79 Å². The lowest BCUT2D eigenvalue weighted by atomic mass is 10.2. The standard InChI is InChI=1S/C20H27N3O3S3/c1-2-22(17-7-4-3-5-8-17)11-6-10-21-20(24)19-18(9-14-28-19)29(25,26)23-12-15-27-16-13-23/h3-5,7-9,14H,2,6,10-13,15-16H2,1H3,(H,21,24). The number of nitrogens with zero attached hydrogens (tertiary/aromatic N) is 2. The summed E-state index contributed by atoms with van der Waals surface area (Å²) in [5, 5.41) is 4.56. The molecule has 1 aromatic heterocycles. The van der Waals surface area contributed by atoms with Crippen LogP contribution in [0.5, 0.6) is 0 Å². The largest absolute Gasteiger partial charge is 0.372 e. The molecule has 0 spiro atoms. The molecule has 1 aromatic carbocycles. The van der Waals surface area contributed by atoms with Crippen molar-refractivity contribution in [3.8, 4) is 0 Å². The van der Waals surface area contributed by atoms with Gasteiger partial charge in [-0.2, -0.15) is 16.1 Å². The number of anilines is 1. The van der Waals surface area contributed by atoms with E-state index in [1.165, 1.54) is 15.6 Å². The van der Waals surface area contributed by atoms with Gasteiger partial charge < -0.3 is 10.2 Å². The van der Waals surface area contributed by atoms with Crippen molar-refractivity contribution in [3.63, 3.8) is 0 Å². The van der Waals surface area contributed by atoms with Crippen molar-refractivity contribution in [1.82, 2.24) is 9.62 Å². The Morgan fingerprint density at radius 3 is 2.59 bits per heavy atom. The maximum Gasteiger partial charge on any atom is 0.262 e. The first-order chi connectivity index (χ1) is 14.0. The van der Waals surface area contributed by atoms with Crippen LogP contribution in [0.3, 0.4) is 0 Å². The number of benzene rings is 1. The van der Waals surface area contributed by atoms with Gasteiger partial charge in [-0.25, -0.2) is 8.42 Å². The molecule has 1 fully saturated rings. The van der Waals surface area contributed by atoms with Crippen LogP contribution >= 0.6 is 23.1 Å². The summed E-state index contributed by atoms with van der Waals surface area (Å²) in [6.07, 6.45) is 0.783. The number of para-hydroxylation sites is 1. The molecule has 29 heavy (non-hydrogen) atoms. The Balaban J connectivity index is 1.56. The van der Waals surface area contributed by atoms with Crippen molar-refractivity contribution in [1.29, 1.82) is 0 Å². The number of thiophene rings is 1. The Kier molecular flexibility index (Phi) is 7.99. The Morgan fingerprint density at radius 1 is 1.17 bits per heavy atom. The number of hydrogen-bond donors (Lipinski definition) is 1. The molecule has 2 heterocycles. The van der Waals surface area contributed by atoms with Crippen LogP contribution in [0.4, 0.5) is 5.69 Å². The molecule has 0 aliphatic carbocycles. The van der Waals surface area contributed by atoms with Crippen LogP contribution in [0, 0.1) is 0 Å². The van der Waals surface area contributed by atoms with Gasteiger partial charge in [-0.1, -0.05) is 18.2 Å². The van der Waals surface area contributed by atoms with E-state index in [1.807, 2.05) is 18.2 Å². The lowest BCUT2D eigenvalue weighted by Gasteiger charge is -2.25. The monoisotopic (exact) mass is 453 g/mol.